The summed E-state index contributed by atoms with van der Waals surface area (Å²) in [4.78, 5) is 10.1. The number of ether oxygens (including phenoxy) is 1. The monoisotopic (exact) mass is 219 g/mol. The highest BCUT2D eigenvalue weighted by molar-refractivity contribution is 5.68. The summed E-state index contributed by atoms with van der Waals surface area (Å²) in [5, 5.41) is 17.5. The van der Waals surface area contributed by atoms with Crippen molar-refractivity contribution in [2.24, 2.45) is 0 Å². The van der Waals surface area contributed by atoms with Gasteiger partial charge in [-0.3, -0.25) is 4.79 Å². The maximum absolute atomic E-state index is 10.1. The van der Waals surface area contributed by atoms with Crippen LogP contribution in [0, 0.1) is 0 Å². The van der Waals surface area contributed by atoms with Crippen LogP contribution >= 0.6 is 0 Å². The number of hydrogen-bond acceptors (Lipinski definition) is 5. The normalized spacial score (nSPS) is 10.5. The summed E-state index contributed by atoms with van der Waals surface area (Å²) in [5.74, 6) is -0.823. The van der Waals surface area contributed by atoms with Gasteiger partial charge < -0.3 is 25.8 Å². The van der Waals surface area contributed by atoms with Gasteiger partial charge in [0.2, 0.25) is 0 Å². The lowest BCUT2D eigenvalue weighted by Crippen LogP contribution is -2.34. The van der Waals surface area contributed by atoms with Crippen LogP contribution in [-0.4, -0.2) is 64.1 Å². The zero-order valence-electron chi connectivity index (χ0n) is 9.21. The highest BCUT2D eigenvalue weighted by atomic mass is 16.5. The lowest BCUT2D eigenvalue weighted by molar-refractivity contribution is -0.135. The van der Waals surface area contributed by atoms with Gasteiger partial charge in [0.1, 0.15) is 0 Å². The lowest BCUT2D eigenvalue weighted by Gasteiger charge is -2.06. The number of aliphatic carboxylic acids is 1. The maximum atomic E-state index is 10.1. The van der Waals surface area contributed by atoms with Gasteiger partial charge in [0, 0.05) is 39.8 Å². The number of rotatable bonds is 11. The molecule has 6 nitrogen and oxygen atoms in total. The first-order chi connectivity index (χ1) is 7.27. The van der Waals surface area contributed by atoms with Gasteiger partial charge in [0.25, 0.3) is 0 Å². The molecule has 15 heavy (non-hydrogen) atoms. The van der Waals surface area contributed by atoms with Crippen LogP contribution < -0.4 is 16.0 Å². The Morgan fingerprint density at radius 3 is 2.13 bits per heavy atom. The third-order valence-corrected chi connectivity index (χ3v) is 1.72. The van der Waals surface area contributed by atoms with Crippen LogP contribution in [0.15, 0.2) is 0 Å². The Morgan fingerprint density at radius 1 is 1.07 bits per heavy atom. The molecule has 0 saturated carbocycles. The SMILES string of the molecule is COCCNCCNCCNCC(=O)O. The van der Waals surface area contributed by atoms with E-state index in [1.807, 2.05) is 0 Å². The summed E-state index contributed by atoms with van der Waals surface area (Å²) in [7, 11) is 1.67. The quantitative estimate of drug-likeness (QED) is 0.316. The fourth-order valence-electron chi connectivity index (χ4n) is 0.973. The standard InChI is InChI=1S/C9H21N3O3/c1-15-7-6-11-3-2-10-4-5-12-8-9(13)14/h10-12H,2-8H2,1H3,(H,13,14). The van der Waals surface area contributed by atoms with Crippen LogP contribution in [0.25, 0.3) is 0 Å². The first-order valence-electron chi connectivity index (χ1n) is 5.10. The van der Waals surface area contributed by atoms with E-state index < -0.39 is 5.97 Å². The van der Waals surface area contributed by atoms with E-state index in [2.05, 4.69) is 16.0 Å². The van der Waals surface area contributed by atoms with E-state index >= 15 is 0 Å². The van der Waals surface area contributed by atoms with Crippen molar-refractivity contribution in [3.63, 3.8) is 0 Å². The van der Waals surface area contributed by atoms with Crippen molar-refractivity contribution in [1.29, 1.82) is 0 Å². The molecule has 0 amide bonds. The Hall–Kier alpha value is -0.690. The molecule has 0 aromatic heterocycles. The number of carbonyl (C=O) groups is 1. The molecule has 0 aromatic rings. The molecular weight excluding hydrogens is 198 g/mol. The van der Waals surface area contributed by atoms with Crippen molar-refractivity contribution in [3.05, 3.63) is 0 Å². The summed E-state index contributed by atoms with van der Waals surface area (Å²) in [6, 6.07) is 0. The molecule has 0 radical (unpaired) electrons. The summed E-state index contributed by atoms with van der Waals surface area (Å²) >= 11 is 0. The van der Waals surface area contributed by atoms with Crippen molar-refractivity contribution in [1.82, 2.24) is 16.0 Å². The zero-order chi connectivity index (χ0) is 11.4. The second-order valence-electron chi connectivity index (χ2n) is 3.06. The molecule has 0 atom stereocenters. The van der Waals surface area contributed by atoms with E-state index in [4.69, 9.17) is 9.84 Å². The van der Waals surface area contributed by atoms with Crippen molar-refractivity contribution in [3.8, 4) is 0 Å². The van der Waals surface area contributed by atoms with Crippen LogP contribution in [-0.2, 0) is 9.53 Å². The maximum Gasteiger partial charge on any atom is 0.317 e. The summed E-state index contributed by atoms with van der Waals surface area (Å²) < 4.78 is 4.88. The van der Waals surface area contributed by atoms with Crippen molar-refractivity contribution in [2.45, 2.75) is 0 Å². The van der Waals surface area contributed by atoms with Gasteiger partial charge in [-0.15, -0.1) is 0 Å². The highest BCUT2D eigenvalue weighted by Crippen LogP contribution is 1.65. The van der Waals surface area contributed by atoms with Gasteiger partial charge in [-0.1, -0.05) is 0 Å². The van der Waals surface area contributed by atoms with E-state index in [1.54, 1.807) is 7.11 Å². The van der Waals surface area contributed by atoms with E-state index in [0.29, 0.717) is 6.54 Å². The van der Waals surface area contributed by atoms with Gasteiger partial charge in [0.05, 0.1) is 13.2 Å². The van der Waals surface area contributed by atoms with Crippen molar-refractivity contribution < 1.29 is 14.6 Å². The number of hydrogen-bond donors (Lipinski definition) is 4. The average Bonchev–Trinajstić information content (AvgIpc) is 2.20. The first-order valence-corrected chi connectivity index (χ1v) is 5.10. The molecule has 0 fully saturated rings. The molecule has 0 aromatic carbocycles. The summed E-state index contributed by atoms with van der Waals surface area (Å²) in [6.45, 7) is 4.81. The second kappa shape index (κ2) is 11.4. The van der Waals surface area contributed by atoms with Gasteiger partial charge in [-0.05, 0) is 0 Å². The number of nitrogens with one attached hydrogen (secondary N) is 3. The topological polar surface area (TPSA) is 82.6 Å². The highest BCUT2D eigenvalue weighted by Gasteiger charge is 1.93. The Morgan fingerprint density at radius 2 is 1.60 bits per heavy atom. The Balaban J connectivity index is 2.89. The second-order valence-corrected chi connectivity index (χ2v) is 3.06. The fourth-order valence-corrected chi connectivity index (χ4v) is 0.973. The summed E-state index contributed by atoms with van der Waals surface area (Å²) in [5.41, 5.74) is 0. The third-order valence-electron chi connectivity index (χ3n) is 1.72. The molecule has 0 aliphatic carbocycles. The first kappa shape index (κ1) is 14.3. The van der Waals surface area contributed by atoms with Crippen LogP contribution in [0.5, 0.6) is 0 Å². The molecule has 0 bridgehead atoms. The molecule has 0 unspecified atom stereocenters. The third kappa shape index (κ3) is 13.3. The number of carboxylic acid groups (broad SMARTS) is 1. The van der Waals surface area contributed by atoms with E-state index in [9.17, 15) is 4.79 Å². The molecule has 6 heteroatoms. The number of carboxylic acids is 1. The van der Waals surface area contributed by atoms with E-state index in [0.717, 1.165) is 32.8 Å². The predicted octanol–water partition coefficient (Wildman–Crippen LogP) is -1.51. The smallest absolute Gasteiger partial charge is 0.317 e. The van der Waals surface area contributed by atoms with Crippen molar-refractivity contribution >= 4 is 5.97 Å². The van der Waals surface area contributed by atoms with Gasteiger partial charge in [-0.2, -0.15) is 0 Å². The summed E-state index contributed by atoms with van der Waals surface area (Å²) in [6.07, 6.45) is 0. The fraction of sp³-hybridized carbons (Fsp3) is 0.889. The van der Waals surface area contributed by atoms with Crippen molar-refractivity contribution in [2.75, 3.05) is 53.0 Å². The Kier molecular flexibility index (Phi) is 10.9. The predicted molar refractivity (Wildman–Crippen MR) is 58.1 cm³/mol. The van der Waals surface area contributed by atoms with Gasteiger partial charge in [0.15, 0.2) is 0 Å². The van der Waals surface area contributed by atoms with Crippen LogP contribution in [0.1, 0.15) is 0 Å². The number of methoxy groups -OCH3 is 1. The molecule has 0 aliphatic heterocycles. The molecule has 0 spiro atoms. The molecule has 0 saturated heterocycles. The lowest BCUT2D eigenvalue weighted by atomic mass is 10.5. The minimum absolute atomic E-state index is 0.0216. The zero-order valence-corrected chi connectivity index (χ0v) is 9.21. The average molecular weight is 219 g/mol. The van der Waals surface area contributed by atoms with Crippen LogP contribution in [0.3, 0.4) is 0 Å². The minimum atomic E-state index is -0.823. The van der Waals surface area contributed by atoms with Crippen LogP contribution in [0.2, 0.25) is 0 Å². The van der Waals surface area contributed by atoms with Crippen LogP contribution in [0.4, 0.5) is 0 Å². The molecular formula is C9H21N3O3. The molecule has 0 aliphatic rings. The molecule has 4 N–H and O–H groups in total. The van der Waals surface area contributed by atoms with E-state index in [-0.39, 0.29) is 6.54 Å². The molecule has 90 valence electrons. The molecule has 0 heterocycles. The Bertz CT molecular complexity index is 156. The largest absolute Gasteiger partial charge is 0.480 e. The van der Waals surface area contributed by atoms with Gasteiger partial charge >= 0.3 is 5.97 Å². The molecule has 0 rings (SSSR count). The Labute approximate surface area is 90.4 Å². The van der Waals surface area contributed by atoms with Gasteiger partial charge in [-0.25, -0.2) is 0 Å². The minimum Gasteiger partial charge on any atom is -0.480 e. The van der Waals surface area contributed by atoms with E-state index in [1.165, 1.54) is 0 Å².